The Balaban J connectivity index is 3.51. The Morgan fingerprint density at radius 1 is 1.67 bits per heavy atom. The zero-order chi connectivity index (χ0) is 7.28. The van der Waals surface area contributed by atoms with Crippen molar-refractivity contribution in [3.05, 3.63) is 12.2 Å². The summed E-state index contributed by atoms with van der Waals surface area (Å²) in [5, 5.41) is 0. The summed E-state index contributed by atoms with van der Waals surface area (Å²) in [4.78, 5) is 19.9. The van der Waals surface area contributed by atoms with E-state index in [1.807, 2.05) is 10.9 Å². The van der Waals surface area contributed by atoms with Gasteiger partial charge in [-0.25, -0.2) is 0 Å². The van der Waals surface area contributed by atoms with Crippen molar-refractivity contribution in [3.8, 4) is 0 Å². The lowest BCUT2D eigenvalue weighted by molar-refractivity contribution is -0.117. The van der Waals surface area contributed by atoms with Crippen LogP contribution in [0, 0.1) is 0 Å². The molecule has 1 radical (unpaired) electrons. The molecule has 2 amide bonds. The van der Waals surface area contributed by atoms with Crippen LogP contribution in [-0.2, 0) is 9.59 Å². The SMILES string of the molecule is C=C(C)C(=O)NN[C]=O. The number of hydrogen-bond acceptors (Lipinski definition) is 2. The number of hydrazine groups is 1. The highest BCUT2D eigenvalue weighted by molar-refractivity contribution is 5.92. The largest absolute Gasteiger partial charge is 0.329 e. The molecule has 0 bridgehead atoms. The summed E-state index contributed by atoms with van der Waals surface area (Å²) in [5.74, 6) is -0.418. The number of hydrogen-bond donors (Lipinski definition) is 2. The normalized spacial score (nSPS) is 7.67. The van der Waals surface area contributed by atoms with Crippen molar-refractivity contribution in [3.63, 3.8) is 0 Å². The molecule has 0 heterocycles. The summed E-state index contributed by atoms with van der Waals surface area (Å²) in [6.07, 6.45) is 1.28. The van der Waals surface area contributed by atoms with Crippen LogP contribution >= 0.6 is 0 Å². The van der Waals surface area contributed by atoms with Crippen LogP contribution in [0.1, 0.15) is 6.92 Å². The van der Waals surface area contributed by atoms with Gasteiger partial charge in [0.15, 0.2) is 0 Å². The van der Waals surface area contributed by atoms with Gasteiger partial charge in [0.05, 0.1) is 0 Å². The van der Waals surface area contributed by atoms with Gasteiger partial charge in [0.1, 0.15) is 0 Å². The molecule has 0 aromatic heterocycles. The molecule has 0 aromatic rings. The predicted molar refractivity (Wildman–Crippen MR) is 31.8 cm³/mol. The Labute approximate surface area is 52.9 Å². The van der Waals surface area contributed by atoms with Crippen molar-refractivity contribution in [1.29, 1.82) is 0 Å². The highest BCUT2D eigenvalue weighted by atomic mass is 16.2. The van der Waals surface area contributed by atoms with E-state index < -0.39 is 5.91 Å². The van der Waals surface area contributed by atoms with Gasteiger partial charge in [0, 0.05) is 5.57 Å². The maximum Gasteiger partial charge on any atom is 0.329 e. The first-order chi connectivity index (χ1) is 4.18. The standard InChI is InChI=1S/C5H7N2O2/c1-4(2)5(9)7-6-3-8/h1H2,2H3,(H,6,8)(H,7,9). The average Bonchev–Trinajstić information content (AvgIpc) is 1.82. The van der Waals surface area contributed by atoms with E-state index in [0.29, 0.717) is 5.57 Å². The van der Waals surface area contributed by atoms with Crippen molar-refractivity contribution in [1.82, 2.24) is 10.9 Å². The van der Waals surface area contributed by atoms with Crippen LogP contribution in [0.15, 0.2) is 12.2 Å². The first kappa shape index (κ1) is 7.68. The van der Waals surface area contributed by atoms with Gasteiger partial charge < -0.3 is 0 Å². The maximum absolute atomic E-state index is 10.4. The molecule has 0 aromatic carbocycles. The van der Waals surface area contributed by atoms with Gasteiger partial charge in [0.25, 0.3) is 5.91 Å². The van der Waals surface area contributed by atoms with Crippen molar-refractivity contribution in [2.24, 2.45) is 0 Å². The Morgan fingerprint density at radius 3 is 2.56 bits per heavy atom. The van der Waals surface area contributed by atoms with Crippen LogP contribution in [0.25, 0.3) is 0 Å². The van der Waals surface area contributed by atoms with Crippen molar-refractivity contribution in [2.75, 3.05) is 0 Å². The number of carbonyl (C=O) groups excluding carboxylic acids is 2. The third-order valence-corrected chi connectivity index (χ3v) is 0.615. The molecule has 2 N–H and O–H groups in total. The van der Waals surface area contributed by atoms with Gasteiger partial charge in [-0.1, -0.05) is 6.58 Å². The number of nitrogens with one attached hydrogen (secondary N) is 2. The topological polar surface area (TPSA) is 58.2 Å². The van der Waals surface area contributed by atoms with Gasteiger partial charge in [-0.05, 0) is 6.92 Å². The smallest absolute Gasteiger partial charge is 0.268 e. The first-order valence-corrected chi connectivity index (χ1v) is 2.26. The fourth-order valence-electron chi connectivity index (χ4n) is 0.189. The monoisotopic (exact) mass is 127 g/mol. The molecule has 0 saturated heterocycles. The van der Waals surface area contributed by atoms with Crippen LogP contribution in [0.5, 0.6) is 0 Å². The second-order valence-corrected chi connectivity index (χ2v) is 1.46. The van der Waals surface area contributed by atoms with Gasteiger partial charge in [-0.3, -0.25) is 20.4 Å². The average molecular weight is 127 g/mol. The minimum Gasteiger partial charge on any atom is -0.268 e. The second-order valence-electron chi connectivity index (χ2n) is 1.46. The number of carbonyl (C=O) groups is 1. The third-order valence-electron chi connectivity index (χ3n) is 0.615. The van der Waals surface area contributed by atoms with Gasteiger partial charge in [0.2, 0.25) is 0 Å². The Kier molecular flexibility index (Phi) is 3.12. The molecule has 9 heavy (non-hydrogen) atoms. The van der Waals surface area contributed by atoms with E-state index in [0.717, 1.165) is 0 Å². The minimum atomic E-state index is -0.418. The molecule has 4 nitrogen and oxygen atoms in total. The summed E-state index contributed by atoms with van der Waals surface area (Å²) >= 11 is 0. The molecule has 0 aliphatic carbocycles. The lowest BCUT2D eigenvalue weighted by atomic mass is 10.3. The molecular formula is C5H7N2O2. The molecule has 0 atom stereocenters. The van der Waals surface area contributed by atoms with Crippen LogP contribution < -0.4 is 10.9 Å². The van der Waals surface area contributed by atoms with Crippen LogP contribution in [0.2, 0.25) is 0 Å². The molecule has 0 unspecified atom stereocenters. The highest BCUT2D eigenvalue weighted by Crippen LogP contribution is 1.81. The van der Waals surface area contributed by atoms with Gasteiger partial charge in [-0.15, -0.1) is 0 Å². The molecule has 0 spiro atoms. The van der Waals surface area contributed by atoms with E-state index in [2.05, 4.69) is 6.58 Å². The lowest BCUT2D eigenvalue weighted by Crippen LogP contribution is -2.36. The number of rotatable bonds is 3. The molecule has 0 fully saturated rings. The van der Waals surface area contributed by atoms with E-state index in [-0.39, 0.29) is 0 Å². The summed E-state index contributed by atoms with van der Waals surface area (Å²) < 4.78 is 0. The minimum absolute atomic E-state index is 0.331. The first-order valence-electron chi connectivity index (χ1n) is 2.26. The molecule has 0 saturated carbocycles. The summed E-state index contributed by atoms with van der Waals surface area (Å²) in [6, 6.07) is 0. The Morgan fingerprint density at radius 2 is 2.22 bits per heavy atom. The molecule has 0 rings (SSSR count). The summed E-state index contributed by atoms with van der Waals surface area (Å²) in [6.45, 7) is 4.86. The Bertz CT molecular complexity index is 142. The molecule has 0 aliphatic heterocycles. The zero-order valence-electron chi connectivity index (χ0n) is 5.02. The predicted octanol–water partition coefficient (Wildman–Crippen LogP) is -0.750. The molecular weight excluding hydrogens is 120 g/mol. The van der Waals surface area contributed by atoms with Crippen molar-refractivity contribution >= 4 is 12.3 Å². The molecule has 4 heteroatoms. The second kappa shape index (κ2) is 3.65. The van der Waals surface area contributed by atoms with E-state index in [1.165, 1.54) is 13.3 Å². The lowest BCUT2D eigenvalue weighted by Gasteiger charge is -1.98. The van der Waals surface area contributed by atoms with Crippen LogP contribution in [-0.4, -0.2) is 12.3 Å². The molecule has 49 valence electrons. The van der Waals surface area contributed by atoms with Crippen LogP contribution in [0.3, 0.4) is 0 Å². The number of amides is 2. The fourth-order valence-corrected chi connectivity index (χ4v) is 0.189. The maximum atomic E-state index is 10.4. The molecule has 0 aliphatic rings. The van der Waals surface area contributed by atoms with E-state index in [1.54, 1.807) is 0 Å². The van der Waals surface area contributed by atoms with Crippen molar-refractivity contribution in [2.45, 2.75) is 6.92 Å². The summed E-state index contributed by atoms with van der Waals surface area (Å²) in [7, 11) is 0. The Hall–Kier alpha value is -1.32. The van der Waals surface area contributed by atoms with Crippen molar-refractivity contribution < 1.29 is 9.59 Å². The quantitative estimate of drug-likeness (QED) is 0.298. The highest BCUT2D eigenvalue weighted by Gasteiger charge is 1.96. The van der Waals surface area contributed by atoms with Crippen LogP contribution in [0.4, 0.5) is 0 Å². The van der Waals surface area contributed by atoms with Gasteiger partial charge >= 0.3 is 6.41 Å². The summed E-state index contributed by atoms with van der Waals surface area (Å²) in [5.41, 5.74) is 4.21. The third kappa shape index (κ3) is 3.28. The van der Waals surface area contributed by atoms with E-state index in [9.17, 15) is 9.59 Å². The fraction of sp³-hybridized carbons (Fsp3) is 0.200. The van der Waals surface area contributed by atoms with E-state index >= 15 is 0 Å². The van der Waals surface area contributed by atoms with Gasteiger partial charge in [-0.2, -0.15) is 0 Å². The van der Waals surface area contributed by atoms with E-state index in [4.69, 9.17) is 0 Å². The zero-order valence-corrected chi connectivity index (χ0v) is 5.02.